The third-order valence-corrected chi connectivity index (χ3v) is 6.15. The van der Waals surface area contributed by atoms with Crippen molar-refractivity contribution in [3.05, 3.63) is 143 Å². The molecule has 188 valence electrons. The normalized spacial score (nSPS) is 11.0. The van der Waals surface area contributed by atoms with E-state index in [4.69, 9.17) is 4.74 Å². The molecule has 5 aromatic rings. The molecule has 0 aliphatic carbocycles. The van der Waals surface area contributed by atoms with Gasteiger partial charge in [0.25, 0.3) is 5.91 Å². The summed E-state index contributed by atoms with van der Waals surface area (Å²) in [6.07, 6.45) is 1.56. The molecule has 5 nitrogen and oxygen atoms in total. The van der Waals surface area contributed by atoms with Crippen LogP contribution >= 0.6 is 0 Å². The van der Waals surface area contributed by atoms with Crippen molar-refractivity contribution in [1.82, 2.24) is 9.99 Å². The molecule has 0 bridgehead atoms. The van der Waals surface area contributed by atoms with Crippen molar-refractivity contribution >= 4 is 12.1 Å². The van der Waals surface area contributed by atoms with Crippen molar-refractivity contribution in [2.75, 3.05) is 0 Å². The number of benzene rings is 4. The van der Waals surface area contributed by atoms with Crippen LogP contribution in [0.3, 0.4) is 0 Å². The maximum Gasteiger partial charge on any atom is 0.271 e. The number of aromatic nitrogens is 1. The molecule has 0 fully saturated rings. The quantitative estimate of drug-likeness (QED) is 0.184. The first kappa shape index (κ1) is 24.7. The lowest BCUT2D eigenvalue weighted by Crippen LogP contribution is -2.17. The minimum absolute atomic E-state index is 0.145. The summed E-state index contributed by atoms with van der Waals surface area (Å²) in [7, 11) is 0. The first-order valence-corrected chi connectivity index (χ1v) is 12.2. The fourth-order valence-electron chi connectivity index (χ4n) is 4.13. The van der Waals surface area contributed by atoms with E-state index < -0.39 is 0 Å². The molecule has 1 aromatic heterocycles. The van der Waals surface area contributed by atoms with Gasteiger partial charge in [-0.2, -0.15) is 5.10 Å². The summed E-state index contributed by atoms with van der Waals surface area (Å²) in [5.41, 5.74) is 8.66. The zero-order valence-corrected chi connectivity index (χ0v) is 20.8. The Morgan fingerprint density at radius 1 is 0.868 bits per heavy atom. The van der Waals surface area contributed by atoms with Gasteiger partial charge in [-0.05, 0) is 84.8 Å². The van der Waals surface area contributed by atoms with Crippen LogP contribution in [0.15, 0.2) is 120 Å². The lowest BCUT2D eigenvalue weighted by Gasteiger charge is -2.12. The van der Waals surface area contributed by atoms with Gasteiger partial charge in [0, 0.05) is 22.5 Å². The van der Waals surface area contributed by atoms with Gasteiger partial charge in [-0.15, -0.1) is 0 Å². The van der Waals surface area contributed by atoms with Gasteiger partial charge >= 0.3 is 0 Å². The Hall–Kier alpha value is -4.97. The van der Waals surface area contributed by atoms with Crippen molar-refractivity contribution in [2.24, 2.45) is 5.10 Å². The predicted molar refractivity (Wildman–Crippen MR) is 148 cm³/mol. The standard InChI is InChI=1S/C32H26FN3O2/c1-23-11-20-31(25-7-3-2-4-8-25)36(23)28-16-14-26(15-17-28)32(37)35-34-21-24-12-18-29(19-13-24)38-22-27-9-5-6-10-30(27)33/h2-21H,22H2,1H3,(H,35,37)/b34-21+. The Bertz CT molecular complexity index is 1560. The molecule has 6 heteroatoms. The average molecular weight is 504 g/mol. The van der Waals surface area contributed by atoms with E-state index in [1.807, 2.05) is 42.5 Å². The second-order valence-electron chi connectivity index (χ2n) is 8.76. The maximum absolute atomic E-state index is 13.7. The van der Waals surface area contributed by atoms with E-state index >= 15 is 0 Å². The van der Waals surface area contributed by atoms with E-state index in [1.165, 1.54) is 6.07 Å². The van der Waals surface area contributed by atoms with Crippen molar-refractivity contribution < 1.29 is 13.9 Å². The Morgan fingerprint density at radius 3 is 2.32 bits per heavy atom. The zero-order valence-electron chi connectivity index (χ0n) is 20.8. The van der Waals surface area contributed by atoms with Gasteiger partial charge in [0.05, 0.1) is 11.9 Å². The number of carbonyl (C=O) groups excluding carboxylic acids is 1. The van der Waals surface area contributed by atoms with Gasteiger partial charge in [0.1, 0.15) is 18.2 Å². The van der Waals surface area contributed by atoms with E-state index in [9.17, 15) is 9.18 Å². The van der Waals surface area contributed by atoms with Crippen LogP contribution < -0.4 is 10.2 Å². The number of nitrogens with zero attached hydrogens (tertiary/aromatic N) is 2. The predicted octanol–water partition coefficient (Wildman–Crippen LogP) is 6.93. The molecule has 1 N–H and O–H groups in total. The molecular formula is C32H26FN3O2. The number of ether oxygens (including phenoxy) is 1. The molecule has 0 aliphatic rings. The second-order valence-corrected chi connectivity index (χ2v) is 8.76. The average Bonchev–Trinajstić information content (AvgIpc) is 3.35. The molecule has 0 unspecified atom stereocenters. The van der Waals surface area contributed by atoms with Gasteiger partial charge in [-0.1, -0.05) is 48.5 Å². The van der Waals surface area contributed by atoms with Crippen molar-refractivity contribution in [1.29, 1.82) is 0 Å². The molecule has 0 radical (unpaired) electrons. The lowest BCUT2D eigenvalue weighted by molar-refractivity contribution is 0.0955. The van der Waals surface area contributed by atoms with Crippen molar-refractivity contribution in [3.63, 3.8) is 0 Å². The Kier molecular flexibility index (Phi) is 7.41. The van der Waals surface area contributed by atoms with E-state index in [1.54, 1.807) is 48.7 Å². The number of hydrogen-bond donors (Lipinski definition) is 1. The van der Waals surface area contributed by atoms with Gasteiger partial charge < -0.3 is 9.30 Å². The fraction of sp³-hybridized carbons (Fsp3) is 0.0625. The van der Waals surface area contributed by atoms with Crippen LogP contribution in [0.4, 0.5) is 4.39 Å². The molecule has 0 aliphatic heterocycles. The Morgan fingerprint density at radius 2 is 1.58 bits per heavy atom. The highest BCUT2D eigenvalue weighted by atomic mass is 19.1. The summed E-state index contributed by atoms with van der Waals surface area (Å²) in [5.74, 6) is 0.0198. The van der Waals surface area contributed by atoms with E-state index in [-0.39, 0.29) is 18.3 Å². The smallest absolute Gasteiger partial charge is 0.271 e. The first-order chi connectivity index (χ1) is 18.6. The van der Waals surface area contributed by atoms with Crippen LogP contribution in [0.25, 0.3) is 16.9 Å². The number of hydrogen-bond acceptors (Lipinski definition) is 3. The number of hydrazone groups is 1. The molecule has 5 rings (SSSR count). The summed E-state index contributed by atoms with van der Waals surface area (Å²) < 4.78 is 21.5. The molecular weight excluding hydrogens is 477 g/mol. The molecule has 1 heterocycles. The summed E-state index contributed by atoms with van der Waals surface area (Å²) >= 11 is 0. The maximum atomic E-state index is 13.7. The molecule has 1 amide bonds. The molecule has 0 spiro atoms. The number of carbonyl (C=O) groups is 1. The van der Waals surface area contributed by atoms with E-state index in [2.05, 4.69) is 46.3 Å². The fourth-order valence-corrected chi connectivity index (χ4v) is 4.13. The van der Waals surface area contributed by atoms with E-state index in [0.29, 0.717) is 16.9 Å². The summed E-state index contributed by atoms with van der Waals surface area (Å²) in [6.45, 7) is 2.20. The number of nitrogens with one attached hydrogen (secondary N) is 1. The SMILES string of the molecule is Cc1ccc(-c2ccccc2)n1-c1ccc(C(=O)N/N=C/c2ccc(OCc3ccccc3F)cc2)cc1. The van der Waals surface area contributed by atoms with Crippen LogP contribution in [0, 0.1) is 12.7 Å². The molecule has 0 saturated carbocycles. The minimum Gasteiger partial charge on any atom is -0.489 e. The van der Waals surface area contributed by atoms with Gasteiger partial charge in [0.15, 0.2) is 0 Å². The third kappa shape index (κ3) is 5.71. The number of rotatable bonds is 8. The minimum atomic E-state index is -0.301. The topological polar surface area (TPSA) is 55.6 Å². The Balaban J connectivity index is 1.19. The van der Waals surface area contributed by atoms with Gasteiger partial charge in [0.2, 0.25) is 0 Å². The number of aryl methyl sites for hydroxylation is 1. The second kappa shape index (κ2) is 11.4. The van der Waals surface area contributed by atoms with Crippen LogP contribution in [0.2, 0.25) is 0 Å². The van der Waals surface area contributed by atoms with Crippen molar-refractivity contribution in [2.45, 2.75) is 13.5 Å². The lowest BCUT2D eigenvalue weighted by atomic mass is 10.1. The zero-order chi connectivity index (χ0) is 26.3. The van der Waals surface area contributed by atoms with E-state index in [0.717, 1.165) is 28.2 Å². The van der Waals surface area contributed by atoms with Crippen LogP contribution in [0.5, 0.6) is 5.75 Å². The van der Waals surface area contributed by atoms with Crippen molar-refractivity contribution in [3.8, 4) is 22.7 Å². The van der Waals surface area contributed by atoms with Gasteiger partial charge in [-0.3, -0.25) is 4.79 Å². The Labute approximate surface area is 220 Å². The summed E-state index contributed by atoms with van der Waals surface area (Å²) in [4.78, 5) is 12.6. The molecule has 0 atom stereocenters. The number of halogens is 1. The highest BCUT2D eigenvalue weighted by molar-refractivity contribution is 5.95. The molecule has 4 aromatic carbocycles. The summed E-state index contributed by atoms with van der Waals surface area (Å²) in [6, 6.07) is 35.5. The highest BCUT2D eigenvalue weighted by Crippen LogP contribution is 2.26. The highest BCUT2D eigenvalue weighted by Gasteiger charge is 2.11. The largest absolute Gasteiger partial charge is 0.489 e. The molecule has 38 heavy (non-hydrogen) atoms. The molecule has 0 saturated heterocycles. The number of amides is 1. The first-order valence-electron chi connectivity index (χ1n) is 12.2. The van der Waals surface area contributed by atoms with Crippen LogP contribution in [-0.4, -0.2) is 16.7 Å². The third-order valence-electron chi connectivity index (χ3n) is 6.15. The van der Waals surface area contributed by atoms with Crippen LogP contribution in [0.1, 0.15) is 27.2 Å². The van der Waals surface area contributed by atoms with Crippen LogP contribution in [-0.2, 0) is 6.61 Å². The monoisotopic (exact) mass is 503 g/mol. The summed E-state index contributed by atoms with van der Waals surface area (Å²) in [5, 5.41) is 4.07. The van der Waals surface area contributed by atoms with Gasteiger partial charge in [-0.25, -0.2) is 9.82 Å².